The summed E-state index contributed by atoms with van der Waals surface area (Å²) >= 11 is 0. The molecule has 0 saturated carbocycles. The summed E-state index contributed by atoms with van der Waals surface area (Å²) in [6.45, 7) is 8.64. The zero-order valence-corrected chi connectivity index (χ0v) is 11.4. The smallest absolute Gasteiger partial charge is 0.0613 e. The lowest BCUT2D eigenvalue weighted by Gasteiger charge is -2.33. The minimum absolute atomic E-state index is 0.401. The van der Waals surface area contributed by atoms with Crippen LogP contribution in [-0.2, 0) is 9.47 Å². The van der Waals surface area contributed by atoms with Crippen molar-refractivity contribution in [3.05, 3.63) is 0 Å². The standard InChI is InChI=1S/C14H27NO2/c1-4-14-12(5-6-16-14)9-15-13-7-10(2)17-11(3)8-13/h10-15H,4-9H2,1-3H3. The SMILES string of the molecule is CCC1OCCC1CNC1CC(C)OC(C)C1. The molecular weight excluding hydrogens is 214 g/mol. The Labute approximate surface area is 105 Å². The van der Waals surface area contributed by atoms with Gasteiger partial charge in [0.1, 0.15) is 0 Å². The average molecular weight is 241 g/mol. The summed E-state index contributed by atoms with van der Waals surface area (Å²) < 4.78 is 11.5. The van der Waals surface area contributed by atoms with Gasteiger partial charge in [0.15, 0.2) is 0 Å². The van der Waals surface area contributed by atoms with Crippen LogP contribution in [0.15, 0.2) is 0 Å². The Hall–Kier alpha value is -0.120. The van der Waals surface area contributed by atoms with Crippen LogP contribution in [0.4, 0.5) is 0 Å². The van der Waals surface area contributed by atoms with E-state index < -0.39 is 0 Å². The van der Waals surface area contributed by atoms with Gasteiger partial charge in [-0.25, -0.2) is 0 Å². The van der Waals surface area contributed by atoms with E-state index in [1.165, 1.54) is 6.42 Å². The maximum Gasteiger partial charge on any atom is 0.0613 e. The van der Waals surface area contributed by atoms with Crippen molar-refractivity contribution < 1.29 is 9.47 Å². The molecule has 17 heavy (non-hydrogen) atoms. The molecule has 1 N–H and O–H groups in total. The minimum atomic E-state index is 0.401. The fraction of sp³-hybridized carbons (Fsp3) is 1.00. The van der Waals surface area contributed by atoms with Gasteiger partial charge in [0.25, 0.3) is 0 Å². The number of ether oxygens (including phenoxy) is 2. The molecule has 2 fully saturated rings. The maximum atomic E-state index is 5.77. The van der Waals surface area contributed by atoms with Crippen LogP contribution in [0.2, 0.25) is 0 Å². The van der Waals surface area contributed by atoms with Gasteiger partial charge in [-0.2, -0.15) is 0 Å². The first kappa shape index (κ1) is 13.3. The summed E-state index contributed by atoms with van der Waals surface area (Å²) in [6, 6.07) is 0.631. The summed E-state index contributed by atoms with van der Waals surface area (Å²) in [4.78, 5) is 0. The van der Waals surface area contributed by atoms with Crippen molar-refractivity contribution in [3.63, 3.8) is 0 Å². The zero-order chi connectivity index (χ0) is 12.3. The van der Waals surface area contributed by atoms with E-state index >= 15 is 0 Å². The second kappa shape index (κ2) is 6.17. The highest BCUT2D eigenvalue weighted by atomic mass is 16.5. The van der Waals surface area contributed by atoms with E-state index in [1.54, 1.807) is 0 Å². The van der Waals surface area contributed by atoms with Crippen molar-refractivity contribution in [1.82, 2.24) is 5.32 Å². The molecule has 3 heteroatoms. The first-order valence-electron chi connectivity index (χ1n) is 7.19. The molecule has 2 aliphatic heterocycles. The largest absolute Gasteiger partial charge is 0.378 e. The summed E-state index contributed by atoms with van der Waals surface area (Å²) in [5, 5.41) is 3.73. The third kappa shape index (κ3) is 3.67. The van der Waals surface area contributed by atoms with Crippen LogP contribution in [0, 0.1) is 5.92 Å². The quantitative estimate of drug-likeness (QED) is 0.819. The highest BCUT2D eigenvalue weighted by Crippen LogP contribution is 2.24. The van der Waals surface area contributed by atoms with E-state index in [0.29, 0.717) is 30.3 Å². The van der Waals surface area contributed by atoms with E-state index in [-0.39, 0.29) is 0 Å². The van der Waals surface area contributed by atoms with Crippen LogP contribution in [0.1, 0.15) is 46.5 Å². The second-order valence-corrected chi connectivity index (χ2v) is 5.70. The van der Waals surface area contributed by atoms with Crippen LogP contribution in [0.25, 0.3) is 0 Å². The van der Waals surface area contributed by atoms with Crippen LogP contribution in [0.3, 0.4) is 0 Å². The van der Waals surface area contributed by atoms with Gasteiger partial charge in [-0.15, -0.1) is 0 Å². The van der Waals surface area contributed by atoms with Crippen LogP contribution >= 0.6 is 0 Å². The topological polar surface area (TPSA) is 30.5 Å². The Morgan fingerprint density at radius 2 is 1.88 bits per heavy atom. The molecule has 0 aliphatic carbocycles. The van der Waals surface area contributed by atoms with Crippen LogP contribution < -0.4 is 5.32 Å². The van der Waals surface area contributed by atoms with Gasteiger partial charge in [-0.3, -0.25) is 0 Å². The molecule has 0 spiro atoms. The van der Waals surface area contributed by atoms with Crippen LogP contribution in [0.5, 0.6) is 0 Å². The molecule has 0 bridgehead atoms. The first-order valence-corrected chi connectivity index (χ1v) is 7.19. The predicted octanol–water partition coefficient (Wildman–Crippen LogP) is 2.35. The number of hydrogen-bond acceptors (Lipinski definition) is 3. The van der Waals surface area contributed by atoms with Gasteiger partial charge in [-0.05, 0) is 45.4 Å². The summed E-state index contributed by atoms with van der Waals surface area (Å²) in [6.07, 6.45) is 5.95. The second-order valence-electron chi connectivity index (χ2n) is 5.70. The molecule has 2 rings (SSSR count). The zero-order valence-electron chi connectivity index (χ0n) is 11.4. The Morgan fingerprint density at radius 3 is 2.53 bits per heavy atom. The van der Waals surface area contributed by atoms with Crippen LogP contribution in [-0.4, -0.2) is 37.5 Å². The molecule has 0 radical (unpaired) electrons. The summed E-state index contributed by atoms with van der Waals surface area (Å²) in [5.74, 6) is 0.716. The van der Waals surface area contributed by atoms with Crippen molar-refractivity contribution in [3.8, 4) is 0 Å². The summed E-state index contributed by atoms with van der Waals surface area (Å²) in [5.41, 5.74) is 0. The Bertz CT molecular complexity index is 224. The van der Waals surface area contributed by atoms with E-state index in [4.69, 9.17) is 9.47 Å². The lowest BCUT2D eigenvalue weighted by atomic mass is 9.96. The monoisotopic (exact) mass is 241 g/mol. The molecule has 100 valence electrons. The molecule has 2 saturated heterocycles. The number of hydrogen-bond donors (Lipinski definition) is 1. The van der Waals surface area contributed by atoms with Crippen molar-refractivity contribution in [2.24, 2.45) is 5.92 Å². The molecule has 4 unspecified atom stereocenters. The van der Waals surface area contributed by atoms with Gasteiger partial charge in [0, 0.05) is 19.2 Å². The third-order valence-electron chi connectivity index (χ3n) is 4.11. The van der Waals surface area contributed by atoms with Gasteiger partial charge in [0.2, 0.25) is 0 Å². The molecule has 3 nitrogen and oxygen atoms in total. The first-order chi connectivity index (χ1) is 8.19. The van der Waals surface area contributed by atoms with E-state index in [0.717, 1.165) is 32.4 Å². The van der Waals surface area contributed by atoms with E-state index in [2.05, 4.69) is 26.1 Å². The molecule has 0 aromatic rings. The van der Waals surface area contributed by atoms with Gasteiger partial charge < -0.3 is 14.8 Å². The molecule has 0 amide bonds. The lowest BCUT2D eigenvalue weighted by molar-refractivity contribution is -0.0428. The Morgan fingerprint density at radius 1 is 1.18 bits per heavy atom. The van der Waals surface area contributed by atoms with Gasteiger partial charge >= 0.3 is 0 Å². The highest BCUT2D eigenvalue weighted by molar-refractivity contribution is 4.82. The Balaban J connectivity index is 1.73. The molecular formula is C14H27NO2. The third-order valence-corrected chi connectivity index (χ3v) is 4.11. The van der Waals surface area contributed by atoms with E-state index in [9.17, 15) is 0 Å². The van der Waals surface area contributed by atoms with Crippen molar-refractivity contribution in [1.29, 1.82) is 0 Å². The van der Waals surface area contributed by atoms with Gasteiger partial charge in [-0.1, -0.05) is 6.92 Å². The fourth-order valence-corrected chi connectivity index (χ4v) is 3.27. The molecule has 4 atom stereocenters. The summed E-state index contributed by atoms with van der Waals surface area (Å²) in [7, 11) is 0. The number of nitrogens with one attached hydrogen (secondary N) is 1. The molecule has 2 heterocycles. The fourth-order valence-electron chi connectivity index (χ4n) is 3.27. The minimum Gasteiger partial charge on any atom is -0.378 e. The number of rotatable bonds is 4. The normalized spacial score (nSPS) is 42.9. The molecule has 0 aromatic carbocycles. The van der Waals surface area contributed by atoms with Crippen molar-refractivity contribution >= 4 is 0 Å². The molecule has 0 aromatic heterocycles. The van der Waals surface area contributed by atoms with Gasteiger partial charge in [0.05, 0.1) is 18.3 Å². The van der Waals surface area contributed by atoms with E-state index in [1.807, 2.05) is 0 Å². The van der Waals surface area contributed by atoms with Crippen molar-refractivity contribution in [2.45, 2.75) is 70.8 Å². The Kier molecular flexibility index (Phi) is 4.83. The highest BCUT2D eigenvalue weighted by Gasteiger charge is 2.29. The molecule has 2 aliphatic rings. The average Bonchev–Trinajstić information content (AvgIpc) is 2.72. The predicted molar refractivity (Wildman–Crippen MR) is 69.2 cm³/mol. The maximum absolute atomic E-state index is 5.77. The van der Waals surface area contributed by atoms with Crippen molar-refractivity contribution in [2.75, 3.05) is 13.2 Å². The lowest BCUT2D eigenvalue weighted by Crippen LogP contribution is -2.43.